The summed E-state index contributed by atoms with van der Waals surface area (Å²) in [5, 5.41) is 3.76. The first kappa shape index (κ1) is 13.5. The Bertz CT molecular complexity index is 618. The molecule has 2 aromatic rings. The van der Waals surface area contributed by atoms with Gasteiger partial charge in [-0.15, -0.1) is 0 Å². The van der Waals surface area contributed by atoms with E-state index in [0.29, 0.717) is 5.56 Å². The molecule has 0 atom stereocenters. The summed E-state index contributed by atoms with van der Waals surface area (Å²) in [5.41, 5.74) is 2.61. The van der Waals surface area contributed by atoms with Crippen molar-refractivity contribution in [2.45, 2.75) is 0 Å². The third kappa shape index (κ3) is 3.11. The second kappa shape index (κ2) is 6.33. The number of nitrogens with zero attached hydrogens (tertiary/aromatic N) is 1. The summed E-state index contributed by atoms with van der Waals surface area (Å²) >= 11 is 0. The van der Waals surface area contributed by atoms with Crippen LogP contribution in [-0.4, -0.2) is 24.7 Å². The zero-order valence-corrected chi connectivity index (χ0v) is 10.7. The number of esters is 1. The average molecular weight is 272 g/mol. The summed E-state index contributed by atoms with van der Waals surface area (Å²) in [6.45, 7) is 0. The van der Waals surface area contributed by atoms with Crippen LogP contribution in [0.3, 0.4) is 0 Å². The molecule has 0 radical (unpaired) electrons. The Hall–Kier alpha value is -2.89. The van der Waals surface area contributed by atoms with Crippen molar-refractivity contribution in [3.63, 3.8) is 0 Å². The summed E-state index contributed by atoms with van der Waals surface area (Å²) in [6.07, 6.45) is 1.40. The van der Waals surface area contributed by atoms with E-state index < -0.39 is 11.9 Å². The van der Waals surface area contributed by atoms with Crippen LogP contribution < -0.4 is 5.43 Å². The Balaban J connectivity index is 2.18. The third-order valence-corrected chi connectivity index (χ3v) is 2.44. The zero-order valence-electron chi connectivity index (χ0n) is 10.7. The molecule has 0 saturated heterocycles. The van der Waals surface area contributed by atoms with Crippen molar-refractivity contribution in [2.24, 2.45) is 5.10 Å². The van der Waals surface area contributed by atoms with Crippen LogP contribution in [0, 0.1) is 0 Å². The highest BCUT2D eigenvalue weighted by molar-refractivity contribution is 6.42. The first-order valence-electron chi connectivity index (χ1n) is 5.77. The van der Waals surface area contributed by atoms with E-state index in [1.54, 1.807) is 42.5 Å². The van der Waals surface area contributed by atoms with Gasteiger partial charge in [0.05, 0.1) is 13.4 Å². The van der Waals surface area contributed by atoms with E-state index in [9.17, 15) is 9.59 Å². The van der Waals surface area contributed by atoms with E-state index in [-0.39, 0.29) is 11.5 Å². The Labute approximate surface area is 115 Å². The second-order valence-electron chi connectivity index (χ2n) is 3.74. The van der Waals surface area contributed by atoms with Gasteiger partial charge in [-0.2, -0.15) is 5.10 Å². The molecule has 1 aromatic heterocycles. The molecule has 0 aliphatic carbocycles. The topological polar surface area (TPSA) is 80.9 Å². The van der Waals surface area contributed by atoms with E-state index in [0.717, 1.165) is 0 Å². The molecule has 1 amide bonds. The SMILES string of the molecule is COC(=O)/C(=N\NC(=O)c1ccccc1)c1ccco1. The van der Waals surface area contributed by atoms with Gasteiger partial charge in [-0.3, -0.25) is 4.79 Å². The molecule has 0 bridgehead atoms. The Kier molecular flexibility index (Phi) is 4.28. The predicted octanol–water partition coefficient (Wildman–Crippen LogP) is 1.59. The van der Waals surface area contributed by atoms with Gasteiger partial charge < -0.3 is 9.15 Å². The highest BCUT2D eigenvalue weighted by Crippen LogP contribution is 2.04. The number of hydrogen-bond donors (Lipinski definition) is 1. The van der Waals surface area contributed by atoms with Crippen LogP contribution >= 0.6 is 0 Å². The lowest BCUT2D eigenvalue weighted by Gasteiger charge is -2.03. The summed E-state index contributed by atoms with van der Waals surface area (Å²) in [4.78, 5) is 23.4. The minimum atomic E-state index is -0.701. The number of ether oxygens (including phenoxy) is 1. The van der Waals surface area contributed by atoms with Crippen molar-refractivity contribution in [1.29, 1.82) is 0 Å². The molecule has 0 aliphatic rings. The predicted molar refractivity (Wildman–Crippen MR) is 71.2 cm³/mol. The fraction of sp³-hybridized carbons (Fsp3) is 0.0714. The molecule has 1 heterocycles. The number of hydrogen-bond acceptors (Lipinski definition) is 5. The highest BCUT2D eigenvalue weighted by atomic mass is 16.5. The molecule has 102 valence electrons. The van der Waals surface area contributed by atoms with Gasteiger partial charge >= 0.3 is 5.97 Å². The van der Waals surface area contributed by atoms with Crippen LogP contribution in [0.1, 0.15) is 16.1 Å². The van der Waals surface area contributed by atoms with Crippen LogP contribution in [0.25, 0.3) is 0 Å². The lowest BCUT2D eigenvalue weighted by atomic mass is 10.2. The van der Waals surface area contributed by atoms with Crippen molar-refractivity contribution in [3.05, 3.63) is 60.1 Å². The smallest absolute Gasteiger partial charge is 0.362 e. The summed E-state index contributed by atoms with van der Waals surface area (Å²) in [5.74, 6) is -0.919. The molecule has 0 aliphatic heterocycles. The Morgan fingerprint density at radius 2 is 1.90 bits per heavy atom. The van der Waals surface area contributed by atoms with Crippen LogP contribution in [0.4, 0.5) is 0 Å². The monoisotopic (exact) mass is 272 g/mol. The fourth-order valence-corrected chi connectivity index (χ4v) is 1.47. The lowest BCUT2D eigenvalue weighted by Crippen LogP contribution is -2.24. The number of methoxy groups -OCH3 is 1. The van der Waals surface area contributed by atoms with Gasteiger partial charge in [-0.05, 0) is 24.3 Å². The standard InChI is InChI=1S/C14H12N2O4/c1-19-14(18)12(11-8-5-9-20-11)15-16-13(17)10-6-3-2-4-7-10/h2-9H,1H3,(H,16,17)/b15-12-. The van der Waals surface area contributed by atoms with Crippen LogP contribution in [0.15, 0.2) is 58.2 Å². The Morgan fingerprint density at radius 1 is 1.15 bits per heavy atom. The van der Waals surface area contributed by atoms with Gasteiger partial charge in [0.1, 0.15) is 0 Å². The fourth-order valence-electron chi connectivity index (χ4n) is 1.47. The number of nitrogens with one attached hydrogen (secondary N) is 1. The first-order valence-corrected chi connectivity index (χ1v) is 5.77. The van der Waals surface area contributed by atoms with Gasteiger partial charge in [0.2, 0.25) is 5.71 Å². The maximum atomic E-state index is 11.8. The maximum Gasteiger partial charge on any atom is 0.362 e. The van der Waals surface area contributed by atoms with Crippen molar-refractivity contribution >= 4 is 17.6 Å². The number of benzene rings is 1. The summed E-state index contributed by atoms with van der Waals surface area (Å²) < 4.78 is 9.67. The molecule has 0 fully saturated rings. The normalized spacial score (nSPS) is 10.9. The van der Waals surface area contributed by atoms with Gasteiger partial charge in [-0.1, -0.05) is 18.2 Å². The largest absolute Gasteiger partial charge is 0.464 e. The second-order valence-corrected chi connectivity index (χ2v) is 3.74. The quantitative estimate of drug-likeness (QED) is 0.520. The number of carbonyl (C=O) groups is 2. The zero-order chi connectivity index (χ0) is 14.4. The minimum Gasteiger partial charge on any atom is -0.464 e. The highest BCUT2D eigenvalue weighted by Gasteiger charge is 2.18. The number of hydrazone groups is 1. The molecule has 1 aromatic carbocycles. The maximum absolute atomic E-state index is 11.8. The number of furan rings is 1. The van der Waals surface area contributed by atoms with E-state index in [4.69, 9.17) is 4.42 Å². The Morgan fingerprint density at radius 3 is 2.50 bits per heavy atom. The van der Waals surface area contributed by atoms with Crippen LogP contribution in [0.5, 0.6) is 0 Å². The molecule has 6 nitrogen and oxygen atoms in total. The van der Waals surface area contributed by atoms with Crippen molar-refractivity contribution in [3.8, 4) is 0 Å². The molecule has 1 N–H and O–H groups in total. The molecule has 0 unspecified atom stereocenters. The van der Waals surface area contributed by atoms with Gasteiger partial charge in [-0.25, -0.2) is 10.2 Å². The minimum absolute atomic E-state index is 0.109. The molecule has 0 saturated carbocycles. The van der Waals surface area contributed by atoms with Crippen molar-refractivity contribution in [2.75, 3.05) is 7.11 Å². The lowest BCUT2D eigenvalue weighted by molar-refractivity contribution is -0.132. The molecule has 6 heteroatoms. The van der Waals surface area contributed by atoms with Gasteiger partial charge in [0.15, 0.2) is 5.76 Å². The van der Waals surface area contributed by atoms with Crippen molar-refractivity contribution in [1.82, 2.24) is 5.43 Å². The van der Waals surface area contributed by atoms with E-state index in [1.165, 1.54) is 13.4 Å². The first-order chi connectivity index (χ1) is 9.72. The molecule has 20 heavy (non-hydrogen) atoms. The van der Waals surface area contributed by atoms with E-state index >= 15 is 0 Å². The van der Waals surface area contributed by atoms with Gasteiger partial charge in [0, 0.05) is 5.56 Å². The molecular formula is C14H12N2O4. The van der Waals surface area contributed by atoms with Crippen LogP contribution in [-0.2, 0) is 9.53 Å². The van der Waals surface area contributed by atoms with Gasteiger partial charge in [0.25, 0.3) is 5.91 Å². The summed E-state index contributed by atoms with van der Waals surface area (Å²) in [6, 6.07) is 11.7. The summed E-state index contributed by atoms with van der Waals surface area (Å²) in [7, 11) is 1.22. The van der Waals surface area contributed by atoms with Crippen LogP contribution in [0.2, 0.25) is 0 Å². The van der Waals surface area contributed by atoms with E-state index in [1.807, 2.05) is 0 Å². The number of rotatable bonds is 4. The third-order valence-electron chi connectivity index (χ3n) is 2.44. The van der Waals surface area contributed by atoms with Crippen molar-refractivity contribution < 1.29 is 18.7 Å². The molecular weight excluding hydrogens is 260 g/mol. The number of amides is 1. The molecule has 2 rings (SSSR count). The van der Waals surface area contributed by atoms with E-state index in [2.05, 4.69) is 15.3 Å². The number of carbonyl (C=O) groups excluding carboxylic acids is 2. The molecule has 0 spiro atoms. The average Bonchev–Trinajstić information content (AvgIpc) is 3.02.